The fourth-order valence-corrected chi connectivity index (χ4v) is 1.73. The predicted octanol–water partition coefficient (Wildman–Crippen LogP) is 2.21. The molecule has 22 heavy (non-hydrogen) atoms. The van der Waals surface area contributed by atoms with E-state index in [0.717, 1.165) is 30.5 Å². The number of benzene rings is 1. The van der Waals surface area contributed by atoms with Gasteiger partial charge in [0.2, 0.25) is 0 Å². The van der Waals surface area contributed by atoms with Crippen LogP contribution >= 0.6 is 0 Å². The Labute approximate surface area is 134 Å². The lowest BCUT2D eigenvalue weighted by molar-refractivity contribution is 0.0504. The van der Waals surface area contributed by atoms with Crippen molar-refractivity contribution in [3.05, 3.63) is 28.8 Å². The highest BCUT2D eigenvalue weighted by Gasteiger charge is 2.06. The Bertz CT molecular complexity index is 438. The summed E-state index contributed by atoms with van der Waals surface area (Å²) in [6, 6.07) is 3.78. The van der Waals surface area contributed by atoms with Gasteiger partial charge in [-0.1, -0.05) is 6.07 Å². The zero-order valence-electron chi connectivity index (χ0n) is 15.0. The van der Waals surface area contributed by atoms with Crippen molar-refractivity contribution >= 4 is 6.29 Å². The normalized spacial score (nSPS) is 10.4. The van der Waals surface area contributed by atoms with Gasteiger partial charge in [0.1, 0.15) is 5.75 Å². The van der Waals surface area contributed by atoms with Crippen LogP contribution in [0.4, 0.5) is 0 Å². The van der Waals surface area contributed by atoms with Crippen molar-refractivity contribution in [3.8, 4) is 5.75 Å². The van der Waals surface area contributed by atoms with Gasteiger partial charge in [-0.05, 0) is 59.2 Å². The number of ether oxygens (including phenoxy) is 2. The van der Waals surface area contributed by atoms with E-state index in [1.165, 1.54) is 0 Å². The molecule has 5 nitrogen and oxygen atoms in total. The van der Waals surface area contributed by atoms with Gasteiger partial charge in [0.25, 0.3) is 0 Å². The van der Waals surface area contributed by atoms with E-state index in [1.807, 2.05) is 26.0 Å². The summed E-state index contributed by atoms with van der Waals surface area (Å²) in [6.07, 6.45) is 0.805. The van der Waals surface area contributed by atoms with E-state index >= 15 is 0 Å². The highest BCUT2D eigenvalue weighted by molar-refractivity contribution is 5.81. The summed E-state index contributed by atoms with van der Waals surface area (Å²) in [4.78, 5) is 15.2. The van der Waals surface area contributed by atoms with Crippen molar-refractivity contribution in [2.24, 2.45) is 0 Å². The van der Waals surface area contributed by atoms with E-state index in [9.17, 15) is 4.79 Å². The van der Waals surface area contributed by atoms with E-state index in [1.54, 1.807) is 7.11 Å². The quantitative estimate of drug-likeness (QED) is 0.570. The molecule has 0 aliphatic heterocycles. The predicted molar refractivity (Wildman–Crippen MR) is 90.9 cm³/mol. The van der Waals surface area contributed by atoms with Crippen molar-refractivity contribution in [2.75, 3.05) is 55.2 Å². The first kappa shape index (κ1) is 20.6. The Balaban J connectivity index is 0.000000472. The Hall–Kier alpha value is -1.43. The number of carbonyl (C=O) groups is 1. The molecule has 126 valence electrons. The van der Waals surface area contributed by atoms with Crippen LogP contribution in [0.15, 0.2) is 12.1 Å². The summed E-state index contributed by atoms with van der Waals surface area (Å²) in [5.74, 6) is 0.583. The van der Waals surface area contributed by atoms with Gasteiger partial charge in [-0.15, -0.1) is 0 Å². The fourth-order valence-electron chi connectivity index (χ4n) is 1.73. The molecule has 0 unspecified atom stereocenters. The molecule has 0 atom stereocenters. The van der Waals surface area contributed by atoms with Gasteiger partial charge in [0, 0.05) is 20.2 Å². The standard InChI is InChI=1S/C11H14O3.C6H16N2/c1-8-4-9(2)10(6-12)11(5-8)14-7-13-3;1-7(2)5-6-8(3)4/h4-6H,7H2,1-3H3;5-6H2,1-4H3. The smallest absolute Gasteiger partial charge is 0.188 e. The number of aryl methyl sites for hydroxylation is 2. The van der Waals surface area contributed by atoms with Crippen LogP contribution < -0.4 is 4.74 Å². The van der Waals surface area contributed by atoms with Gasteiger partial charge in [-0.2, -0.15) is 0 Å². The van der Waals surface area contributed by atoms with Crippen LogP contribution in [0.2, 0.25) is 0 Å². The largest absolute Gasteiger partial charge is 0.467 e. The minimum atomic E-state index is 0.156. The first-order valence-electron chi connectivity index (χ1n) is 7.29. The molecule has 1 aromatic carbocycles. The van der Waals surface area contributed by atoms with Crippen molar-refractivity contribution < 1.29 is 14.3 Å². The van der Waals surface area contributed by atoms with Gasteiger partial charge in [0.15, 0.2) is 13.1 Å². The molecule has 0 heterocycles. The molecular formula is C17H30N2O3. The number of nitrogens with zero attached hydrogens (tertiary/aromatic N) is 2. The van der Waals surface area contributed by atoms with Crippen LogP contribution in [0.5, 0.6) is 5.75 Å². The average molecular weight is 310 g/mol. The van der Waals surface area contributed by atoms with Crippen LogP contribution in [-0.4, -0.2) is 71.3 Å². The van der Waals surface area contributed by atoms with Gasteiger partial charge >= 0.3 is 0 Å². The summed E-state index contributed by atoms with van der Waals surface area (Å²) < 4.78 is 10.1. The Morgan fingerprint density at radius 1 is 1.05 bits per heavy atom. The van der Waals surface area contributed by atoms with Crippen molar-refractivity contribution in [3.63, 3.8) is 0 Å². The molecule has 0 aromatic heterocycles. The second kappa shape index (κ2) is 11.2. The van der Waals surface area contributed by atoms with Crippen molar-refractivity contribution in [1.82, 2.24) is 9.80 Å². The maximum absolute atomic E-state index is 10.8. The summed E-state index contributed by atoms with van der Waals surface area (Å²) in [5.41, 5.74) is 2.58. The van der Waals surface area contributed by atoms with Crippen LogP contribution in [0, 0.1) is 13.8 Å². The first-order chi connectivity index (χ1) is 10.3. The molecular weight excluding hydrogens is 280 g/mol. The van der Waals surface area contributed by atoms with Crippen LogP contribution in [-0.2, 0) is 4.74 Å². The molecule has 0 bridgehead atoms. The second-order valence-corrected chi connectivity index (χ2v) is 5.77. The highest BCUT2D eigenvalue weighted by atomic mass is 16.7. The Kier molecular flexibility index (Phi) is 10.5. The monoisotopic (exact) mass is 310 g/mol. The average Bonchev–Trinajstić information content (AvgIpc) is 2.43. The second-order valence-electron chi connectivity index (χ2n) is 5.77. The van der Waals surface area contributed by atoms with E-state index < -0.39 is 0 Å². The number of likely N-dealkylation sites (N-methyl/N-ethyl adjacent to an activating group) is 2. The van der Waals surface area contributed by atoms with Gasteiger partial charge in [0.05, 0.1) is 5.56 Å². The number of rotatable bonds is 7. The van der Waals surface area contributed by atoms with E-state index in [4.69, 9.17) is 9.47 Å². The molecule has 5 heteroatoms. The van der Waals surface area contributed by atoms with E-state index in [2.05, 4.69) is 38.0 Å². The van der Waals surface area contributed by atoms with Crippen LogP contribution in [0.3, 0.4) is 0 Å². The highest BCUT2D eigenvalue weighted by Crippen LogP contribution is 2.22. The summed E-state index contributed by atoms with van der Waals surface area (Å²) in [6.45, 7) is 6.29. The summed E-state index contributed by atoms with van der Waals surface area (Å²) >= 11 is 0. The number of hydrogen-bond acceptors (Lipinski definition) is 5. The van der Waals surface area contributed by atoms with Gasteiger partial charge in [-0.25, -0.2) is 0 Å². The molecule has 0 aliphatic carbocycles. The van der Waals surface area contributed by atoms with Crippen LogP contribution in [0.1, 0.15) is 21.5 Å². The zero-order chi connectivity index (χ0) is 17.1. The Morgan fingerprint density at radius 2 is 1.59 bits per heavy atom. The molecule has 0 N–H and O–H groups in total. The number of carbonyl (C=O) groups excluding carboxylic acids is 1. The fraction of sp³-hybridized carbons (Fsp3) is 0.588. The first-order valence-corrected chi connectivity index (χ1v) is 7.29. The topological polar surface area (TPSA) is 42.0 Å². The van der Waals surface area contributed by atoms with Crippen LogP contribution in [0.25, 0.3) is 0 Å². The molecule has 0 radical (unpaired) electrons. The lowest BCUT2D eigenvalue weighted by Crippen LogP contribution is -2.25. The lowest BCUT2D eigenvalue weighted by atomic mass is 10.1. The van der Waals surface area contributed by atoms with Gasteiger partial charge < -0.3 is 19.3 Å². The van der Waals surface area contributed by atoms with E-state index in [-0.39, 0.29) is 6.79 Å². The van der Waals surface area contributed by atoms with E-state index in [0.29, 0.717) is 11.3 Å². The van der Waals surface area contributed by atoms with Crippen molar-refractivity contribution in [2.45, 2.75) is 13.8 Å². The minimum absolute atomic E-state index is 0.156. The molecule has 0 saturated heterocycles. The molecule has 0 saturated carbocycles. The summed E-state index contributed by atoms with van der Waals surface area (Å²) in [7, 11) is 9.89. The molecule has 0 amide bonds. The Morgan fingerprint density at radius 3 is 2.00 bits per heavy atom. The molecule has 0 fully saturated rings. The summed E-state index contributed by atoms with van der Waals surface area (Å²) in [5, 5.41) is 0. The van der Waals surface area contributed by atoms with Crippen molar-refractivity contribution in [1.29, 1.82) is 0 Å². The molecule has 1 rings (SSSR count). The SMILES string of the molecule is CN(C)CCN(C)C.COCOc1cc(C)cc(C)c1C=O. The number of aldehydes is 1. The third-order valence-electron chi connectivity index (χ3n) is 2.94. The minimum Gasteiger partial charge on any atom is -0.467 e. The zero-order valence-corrected chi connectivity index (χ0v) is 15.0. The molecule has 0 spiro atoms. The maximum Gasteiger partial charge on any atom is 0.188 e. The third-order valence-corrected chi connectivity index (χ3v) is 2.94. The molecule has 0 aliphatic rings. The molecule has 1 aromatic rings. The van der Waals surface area contributed by atoms with Gasteiger partial charge in [-0.3, -0.25) is 4.79 Å². The maximum atomic E-state index is 10.8. The lowest BCUT2D eigenvalue weighted by Gasteiger charge is -2.13. The number of methoxy groups -OCH3 is 1. The number of hydrogen-bond donors (Lipinski definition) is 0. The third kappa shape index (κ3) is 8.77.